The van der Waals surface area contributed by atoms with E-state index in [-0.39, 0.29) is 5.91 Å². The Morgan fingerprint density at radius 3 is 2.64 bits per heavy atom. The highest BCUT2D eigenvalue weighted by molar-refractivity contribution is 6.00. The van der Waals surface area contributed by atoms with Crippen LogP contribution in [-0.4, -0.2) is 25.0 Å². The topological polar surface area (TPSA) is 55.4 Å². The molecule has 2 rings (SSSR count). The number of allylic oxidation sites excluding steroid dienone is 1. The van der Waals surface area contributed by atoms with E-state index in [2.05, 4.69) is 11.9 Å². The molecule has 0 saturated carbocycles. The van der Waals surface area contributed by atoms with Gasteiger partial charge in [-0.2, -0.15) is 0 Å². The van der Waals surface area contributed by atoms with Gasteiger partial charge in [-0.15, -0.1) is 6.58 Å². The molecule has 0 saturated heterocycles. The summed E-state index contributed by atoms with van der Waals surface area (Å²) < 4.78 is 4.73. The van der Waals surface area contributed by atoms with Gasteiger partial charge in [0.25, 0.3) is 5.91 Å². The van der Waals surface area contributed by atoms with Crippen LogP contribution in [0.25, 0.3) is 10.8 Å². The molecule has 1 amide bonds. The van der Waals surface area contributed by atoms with Crippen molar-refractivity contribution >= 4 is 22.6 Å². The number of rotatable bonds is 6. The minimum atomic E-state index is -0.665. The Balaban J connectivity index is 2.16. The van der Waals surface area contributed by atoms with Gasteiger partial charge in [-0.1, -0.05) is 36.4 Å². The van der Waals surface area contributed by atoms with Crippen molar-refractivity contribution < 1.29 is 14.3 Å². The van der Waals surface area contributed by atoms with Gasteiger partial charge in [0.15, 0.2) is 0 Å². The number of methoxy groups -OCH3 is 1. The standard InChI is InChI=1S/C18H19NO3/c1-3-4-9-16(18(21)22-2)19-17(20)15-11-10-13-7-5-6-8-14(13)12-15/h3,5-8,10-12,16H,1,4,9H2,2H3,(H,19,20)/t16-/m0/s1. The van der Waals surface area contributed by atoms with Crippen molar-refractivity contribution in [1.82, 2.24) is 5.32 Å². The minimum absolute atomic E-state index is 0.287. The average molecular weight is 297 g/mol. The molecule has 0 aromatic heterocycles. The summed E-state index contributed by atoms with van der Waals surface area (Å²) in [6, 6.07) is 12.6. The first-order chi connectivity index (χ1) is 10.7. The van der Waals surface area contributed by atoms with Crippen LogP contribution in [0, 0.1) is 0 Å². The van der Waals surface area contributed by atoms with E-state index in [1.54, 1.807) is 12.1 Å². The average Bonchev–Trinajstić information content (AvgIpc) is 2.57. The molecular formula is C18H19NO3. The fourth-order valence-electron chi connectivity index (χ4n) is 2.25. The molecule has 4 nitrogen and oxygen atoms in total. The summed E-state index contributed by atoms with van der Waals surface area (Å²) in [6.07, 6.45) is 2.80. The summed E-state index contributed by atoms with van der Waals surface area (Å²) in [5, 5.41) is 4.77. The van der Waals surface area contributed by atoms with E-state index in [0.29, 0.717) is 18.4 Å². The van der Waals surface area contributed by atoms with Gasteiger partial charge in [-0.3, -0.25) is 4.79 Å². The Labute approximate surface area is 129 Å². The summed E-state index contributed by atoms with van der Waals surface area (Å²) in [7, 11) is 1.31. The Hall–Kier alpha value is -2.62. The van der Waals surface area contributed by atoms with Crippen LogP contribution in [-0.2, 0) is 9.53 Å². The van der Waals surface area contributed by atoms with E-state index in [9.17, 15) is 9.59 Å². The number of ether oxygens (including phenoxy) is 1. The molecule has 0 aliphatic rings. The summed E-state index contributed by atoms with van der Waals surface area (Å²) in [6.45, 7) is 3.62. The molecule has 2 aromatic rings. The lowest BCUT2D eigenvalue weighted by Crippen LogP contribution is -2.41. The van der Waals surface area contributed by atoms with E-state index in [1.165, 1.54) is 7.11 Å². The van der Waals surface area contributed by atoms with Crippen molar-refractivity contribution in [3.8, 4) is 0 Å². The molecule has 0 spiro atoms. The molecule has 1 N–H and O–H groups in total. The lowest BCUT2D eigenvalue weighted by molar-refractivity contribution is -0.143. The zero-order valence-electron chi connectivity index (χ0n) is 12.5. The van der Waals surface area contributed by atoms with Crippen molar-refractivity contribution in [2.24, 2.45) is 0 Å². The van der Waals surface area contributed by atoms with Gasteiger partial charge >= 0.3 is 5.97 Å². The molecule has 0 aliphatic carbocycles. The molecule has 2 aromatic carbocycles. The monoisotopic (exact) mass is 297 g/mol. The number of amides is 1. The van der Waals surface area contributed by atoms with Crippen LogP contribution < -0.4 is 5.32 Å². The van der Waals surface area contributed by atoms with Crippen LogP contribution in [0.3, 0.4) is 0 Å². The summed E-state index contributed by atoms with van der Waals surface area (Å²) in [4.78, 5) is 24.1. The van der Waals surface area contributed by atoms with Crippen LogP contribution in [0.15, 0.2) is 55.1 Å². The molecule has 1 atom stereocenters. The van der Waals surface area contributed by atoms with Gasteiger partial charge in [-0.05, 0) is 35.7 Å². The summed E-state index contributed by atoms with van der Waals surface area (Å²) in [5.74, 6) is -0.735. The van der Waals surface area contributed by atoms with E-state index in [0.717, 1.165) is 10.8 Å². The van der Waals surface area contributed by atoms with Gasteiger partial charge < -0.3 is 10.1 Å². The van der Waals surface area contributed by atoms with E-state index in [4.69, 9.17) is 4.74 Å². The van der Waals surface area contributed by atoms with Gasteiger partial charge in [0.1, 0.15) is 6.04 Å². The third-order valence-corrected chi connectivity index (χ3v) is 3.46. The molecule has 0 unspecified atom stereocenters. The molecule has 0 radical (unpaired) electrons. The maximum Gasteiger partial charge on any atom is 0.328 e. The Morgan fingerprint density at radius 1 is 1.23 bits per heavy atom. The summed E-state index contributed by atoms with van der Waals surface area (Å²) >= 11 is 0. The smallest absolute Gasteiger partial charge is 0.328 e. The van der Waals surface area contributed by atoms with Crippen molar-refractivity contribution in [2.45, 2.75) is 18.9 Å². The molecule has 114 valence electrons. The highest BCUT2D eigenvalue weighted by Crippen LogP contribution is 2.16. The number of carbonyl (C=O) groups excluding carboxylic acids is 2. The SMILES string of the molecule is C=CCC[C@H](NC(=O)c1ccc2ccccc2c1)C(=O)OC. The van der Waals surface area contributed by atoms with Crippen LogP contribution >= 0.6 is 0 Å². The van der Waals surface area contributed by atoms with Crippen molar-refractivity contribution in [3.05, 3.63) is 60.7 Å². The number of benzene rings is 2. The molecule has 0 fully saturated rings. The normalized spacial score (nSPS) is 11.7. The fourth-order valence-corrected chi connectivity index (χ4v) is 2.25. The van der Waals surface area contributed by atoms with Crippen LogP contribution in [0.4, 0.5) is 0 Å². The van der Waals surface area contributed by atoms with E-state index >= 15 is 0 Å². The highest BCUT2D eigenvalue weighted by atomic mass is 16.5. The molecule has 0 aliphatic heterocycles. The molecule has 0 heterocycles. The Bertz CT molecular complexity index is 694. The fraction of sp³-hybridized carbons (Fsp3) is 0.222. The molecular weight excluding hydrogens is 278 g/mol. The lowest BCUT2D eigenvalue weighted by Gasteiger charge is -2.16. The first-order valence-electron chi connectivity index (χ1n) is 7.14. The highest BCUT2D eigenvalue weighted by Gasteiger charge is 2.21. The van der Waals surface area contributed by atoms with E-state index in [1.807, 2.05) is 36.4 Å². The first-order valence-corrected chi connectivity index (χ1v) is 7.14. The van der Waals surface area contributed by atoms with Gasteiger partial charge in [0.05, 0.1) is 7.11 Å². The number of fused-ring (bicyclic) bond motifs is 1. The molecule has 22 heavy (non-hydrogen) atoms. The number of nitrogens with one attached hydrogen (secondary N) is 1. The maximum atomic E-state index is 12.3. The van der Waals surface area contributed by atoms with Crippen molar-refractivity contribution in [3.63, 3.8) is 0 Å². The zero-order valence-corrected chi connectivity index (χ0v) is 12.5. The van der Waals surface area contributed by atoms with Gasteiger partial charge in [0.2, 0.25) is 0 Å². The maximum absolute atomic E-state index is 12.3. The first kappa shape index (κ1) is 15.8. The second kappa shape index (κ2) is 7.41. The Morgan fingerprint density at radius 2 is 1.95 bits per heavy atom. The summed E-state index contributed by atoms with van der Waals surface area (Å²) in [5.41, 5.74) is 0.520. The van der Waals surface area contributed by atoms with Crippen LogP contribution in [0.5, 0.6) is 0 Å². The molecule has 0 bridgehead atoms. The van der Waals surface area contributed by atoms with Crippen LogP contribution in [0.2, 0.25) is 0 Å². The number of hydrogen-bond donors (Lipinski definition) is 1. The molecule has 4 heteroatoms. The number of hydrogen-bond acceptors (Lipinski definition) is 3. The number of esters is 1. The van der Waals surface area contributed by atoms with Crippen molar-refractivity contribution in [2.75, 3.05) is 7.11 Å². The third-order valence-electron chi connectivity index (χ3n) is 3.46. The second-order valence-electron chi connectivity index (χ2n) is 4.98. The zero-order chi connectivity index (χ0) is 15.9. The quantitative estimate of drug-likeness (QED) is 0.658. The lowest BCUT2D eigenvalue weighted by atomic mass is 10.1. The second-order valence-corrected chi connectivity index (χ2v) is 4.98. The largest absolute Gasteiger partial charge is 0.467 e. The van der Waals surface area contributed by atoms with Crippen LogP contribution in [0.1, 0.15) is 23.2 Å². The predicted molar refractivity (Wildman–Crippen MR) is 86.6 cm³/mol. The van der Waals surface area contributed by atoms with Gasteiger partial charge in [0, 0.05) is 5.56 Å². The predicted octanol–water partition coefficient (Wildman–Crippen LogP) is 3.08. The number of carbonyl (C=O) groups is 2. The third kappa shape index (κ3) is 3.73. The Kier molecular flexibility index (Phi) is 5.31. The minimum Gasteiger partial charge on any atom is -0.467 e. The van der Waals surface area contributed by atoms with Gasteiger partial charge in [-0.25, -0.2) is 4.79 Å². The van der Waals surface area contributed by atoms with E-state index < -0.39 is 12.0 Å². The van der Waals surface area contributed by atoms with Crippen molar-refractivity contribution in [1.29, 1.82) is 0 Å².